The van der Waals surface area contributed by atoms with Crippen molar-refractivity contribution in [2.45, 2.75) is 12.8 Å². The fraction of sp³-hybridized carbons (Fsp3) is 0.250. The number of Topliss-reactive ketones (excluding diaryl/α,β-unsaturated/α-hetero) is 1. The number of amides is 2. The zero-order valence-corrected chi connectivity index (χ0v) is 13.9. The Kier molecular flexibility index (Phi) is 4.93. The number of nitrogens with zero attached hydrogens (tertiary/aromatic N) is 1. The maximum absolute atomic E-state index is 12.6. The molecule has 3 rings (SSSR count). The topological polar surface area (TPSA) is 80.5 Å². The van der Waals surface area contributed by atoms with Crippen LogP contribution in [0.1, 0.15) is 43.9 Å². The van der Waals surface area contributed by atoms with Crippen molar-refractivity contribution in [3.8, 4) is 0 Å². The van der Waals surface area contributed by atoms with Gasteiger partial charge < -0.3 is 10.6 Å². The Morgan fingerprint density at radius 3 is 1.92 bits per heavy atom. The van der Waals surface area contributed by atoms with Crippen molar-refractivity contribution in [2.75, 3.05) is 13.1 Å². The van der Waals surface area contributed by atoms with E-state index >= 15 is 0 Å². The summed E-state index contributed by atoms with van der Waals surface area (Å²) in [4.78, 5) is 37.9. The standard InChI is InChI=1S/C20H20N2O3/c21-19(24)16-6-8-17(9-7-16)20(25)22-12-10-15(11-13-22)18(23)14-4-2-1-3-5-14/h1-9,15H,10-13H2,(H2,21,24). The SMILES string of the molecule is NC(=O)c1ccc(C(=O)N2CCC(C(=O)c3ccccc3)CC2)cc1. The van der Waals surface area contributed by atoms with Gasteiger partial charge in [0.05, 0.1) is 0 Å². The van der Waals surface area contributed by atoms with E-state index < -0.39 is 5.91 Å². The highest BCUT2D eigenvalue weighted by Gasteiger charge is 2.28. The van der Waals surface area contributed by atoms with Gasteiger partial charge in [0.1, 0.15) is 0 Å². The minimum atomic E-state index is -0.515. The monoisotopic (exact) mass is 336 g/mol. The average molecular weight is 336 g/mol. The van der Waals surface area contributed by atoms with Gasteiger partial charge >= 0.3 is 0 Å². The number of ketones is 1. The van der Waals surface area contributed by atoms with Gasteiger partial charge in [0.2, 0.25) is 5.91 Å². The molecular formula is C20H20N2O3. The summed E-state index contributed by atoms with van der Waals surface area (Å²) >= 11 is 0. The molecule has 25 heavy (non-hydrogen) atoms. The normalized spacial score (nSPS) is 15.0. The lowest BCUT2D eigenvalue weighted by atomic mass is 9.88. The Balaban J connectivity index is 1.61. The van der Waals surface area contributed by atoms with Crippen LogP contribution in [0.15, 0.2) is 54.6 Å². The molecule has 1 fully saturated rings. The molecule has 128 valence electrons. The highest BCUT2D eigenvalue weighted by Crippen LogP contribution is 2.23. The molecule has 0 spiro atoms. The molecule has 5 heteroatoms. The van der Waals surface area contributed by atoms with Crippen molar-refractivity contribution in [2.24, 2.45) is 11.7 Å². The minimum Gasteiger partial charge on any atom is -0.366 e. The lowest BCUT2D eigenvalue weighted by molar-refractivity contribution is 0.0650. The van der Waals surface area contributed by atoms with Crippen molar-refractivity contribution in [3.63, 3.8) is 0 Å². The van der Waals surface area contributed by atoms with Gasteiger partial charge in [0.15, 0.2) is 5.78 Å². The second kappa shape index (κ2) is 7.30. The summed E-state index contributed by atoms with van der Waals surface area (Å²) in [5, 5.41) is 0. The molecule has 0 atom stereocenters. The molecule has 0 saturated carbocycles. The number of carbonyl (C=O) groups excluding carboxylic acids is 3. The van der Waals surface area contributed by atoms with Crippen molar-refractivity contribution < 1.29 is 14.4 Å². The quantitative estimate of drug-likeness (QED) is 0.871. The molecule has 0 bridgehead atoms. The van der Waals surface area contributed by atoms with Gasteiger partial charge in [-0.1, -0.05) is 30.3 Å². The molecule has 0 aliphatic carbocycles. The first-order valence-corrected chi connectivity index (χ1v) is 8.34. The van der Waals surface area contributed by atoms with Gasteiger partial charge in [-0.25, -0.2) is 0 Å². The third kappa shape index (κ3) is 3.76. The van der Waals surface area contributed by atoms with E-state index in [2.05, 4.69) is 0 Å². The fourth-order valence-corrected chi connectivity index (χ4v) is 3.14. The Morgan fingerprint density at radius 1 is 0.800 bits per heavy atom. The zero-order chi connectivity index (χ0) is 17.8. The summed E-state index contributed by atoms with van der Waals surface area (Å²) < 4.78 is 0. The van der Waals surface area contributed by atoms with Crippen LogP contribution in [0, 0.1) is 5.92 Å². The number of carbonyl (C=O) groups is 3. The number of nitrogens with two attached hydrogens (primary N) is 1. The van der Waals surface area contributed by atoms with Crippen LogP contribution in [0.2, 0.25) is 0 Å². The zero-order valence-electron chi connectivity index (χ0n) is 13.9. The van der Waals surface area contributed by atoms with Gasteiger partial charge in [0, 0.05) is 35.7 Å². The predicted molar refractivity (Wildman–Crippen MR) is 94.4 cm³/mol. The summed E-state index contributed by atoms with van der Waals surface area (Å²) in [6.45, 7) is 1.11. The van der Waals surface area contributed by atoms with Gasteiger partial charge in [-0.15, -0.1) is 0 Å². The average Bonchev–Trinajstić information content (AvgIpc) is 2.67. The number of hydrogen-bond acceptors (Lipinski definition) is 3. The first kappa shape index (κ1) is 16.9. The molecule has 1 heterocycles. The summed E-state index contributed by atoms with van der Waals surface area (Å²) in [5.74, 6) is -0.483. The van der Waals surface area contributed by atoms with E-state index in [1.807, 2.05) is 30.3 Å². The maximum atomic E-state index is 12.6. The summed E-state index contributed by atoms with van der Waals surface area (Å²) in [7, 11) is 0. The van der Waals surface area contributed by atoms with E-state index in [0.717, 1.165) is 5.56 Å². The van der Waals surface area contributed by atoms with Gasteiger partial charge in [0.25, 0.3) is 5.91 Å². The lowest BCUT2D eigenvalue weighted by Crippen LogP contribution is -2.40. The predicted octanol–water partition coefficient (Wildman–Crippen LogP) is 2.52. The summed E-state index contributed by atoms with van der Waals surface area (Å²) in [6.07, 6.45) is 1.33. The second-order valence-electron chi connectivity index (χ2n) is 6.24. The van der Waals surface area contributed by atoms with Crippen LogP contribution in [0.4, 0.5) is 0 Å². The molecule has 1 aliphatic rings. The number of benzene rings is 2. The molecule has 0 aromatic heterocycles. The maximum Gasteiger partial charge on any atom is 0.253 e. The number of rotatable bonds is 4. The van der Waals surface area contributed by atoms with Gasteiger partial charge in [-0.2, -0.15) is 0 Å². The first-order chi connectivity index (χ1) is 12.1. The van der Waals surface area contributed by atoms with Crippen molar-refractivity contribution in [1.82, 2.24) is 4.90 Å². The minimum absolute atomic E-state index is 0.0383. The van der Waals surface area contributed by atoms with Crippen LogP contribution >= 0.6 is 0 Å². The number of likely N-dealkylation sites (tertiary alicyclic amines) is 1. The largest absolute Gasteiger partial charge is 0.366 e. The van der Waals surface area contributed by atoms with Crippen LogP contribution in [-0.4, -0.2) is 35.6 Å². The Morgan fingerprint density at radius 2 is 1.36 bits per heavy atom. The van der Waals surface area contributed by atoms with Crippen LogP contribution < -0.4 is 5.73 Å². The highest BCUT2D eigenvalue weighted by molar-refractivity contribution is 5.99. The van der Waals surface area contributed by atoms with E-state index in [0.29, 0.717) is 37.1 Å². The number of hydrogen-bond donors (Lipinski definition) is 1. The first-order valence-electron chi connectivity index (χ1n) is 8.34. The molecule has 2 N–H and O–H groups in total. The van der Waals surface area contributed by atoms with E-state index in [1.165, 1.54) is 0 Å². The van der Waals surface area contributed by atoms with Gasteiger partial charge in [-0.3, -0.25) is 14.4 Å². The molecular weight excluding hydrogens is 316 g/mol. The summed E-state index contributed by atoms with van der Waals surface area (Å²) in [5.41, 5.74) is 6.84. The van der Waals surface area contributed by atoms with E-state index in [1.54, 1.807) is 29.2 Å². The van der Waals surface area contributed by atoms with Crippen molar-refractivity contribution in [3.05, 3.63) is 71.3 Å². The van der Waals surface area contributed by atoms with Crippen LogP contribution in [0.5, 0.6) is 0 Å². The van der Waals surface area contributed by atoms with E-state index in [4.69, 9.17) is 5.73 Å². The molecule has 2 aromatic rings. The van der Waals surface area contributed by atoms with Crippen molar-refractivity contribution >= 4 is 17.6 Å². The smallest absolute Gasteiger partial charge is 0.253 e. The fourth-order valence-electron chi connectivity index (χ4n) is 3.14. The molecule has 2 aromatic carbocycles. The van der Waals surface area contributed by atoms with E-state index in [-0.39, 0.29) is 17.6 Å². The van der Waals surface area contributed by atoms with Crippen LogP contribution in [0.3, 0.4) is 0 Å². The number of primary amides is 1. The highest BCUT2D eigenvalue weighted by atomic mass is 16.2. The van der Waals surface area contributed by atoms with Crippen LogP contribution in [0.25, 0.3) is 0 Å². The number of piperidine rings is 1. The Labute approximate surface area is 146 Å². The van der Waals surface area contributed by atoms with Gasteiger partial charge in [-0.05, 0) is 37.1 Å². The van der Waals surface area contributed by atoms with E-state index in [9.17, 15) is 14.4 Å². The molecule has 1 saturated heterocycles. The molecule has 1 aliphatic heterocycles. The lowest BCUT2D eigenvalue weighted by Gasteiger charge is -2.31. The third-order valence-electron chi connectivity index (χ3n) is 4.63. The molecule has 0 unspecified atom stereocenters. The van der Waals surface area contributed by atoms with Crippen molar-refractivity contribution in [1.29, 1.82) is 0 Å². The van der Waals surface area contributed by atoms with Crippen LogP contribution in [-0.2, 0) is 0 Å². The third-order valence-corrected chi connectivity index (χ3v) is 4.63. The summed E-state index contributed by atoms with van der Waals surface area (Å²) in [6, 6.07) is 15.6. The second-order valence-corrected chi connectivity index (χ2v) is 6.24. The Hall–Kier alpha value is -2.95. The molecule has 2 amide bonds. The molecule has 5 nitrogen and oxygen atoms in total. The molecule has 0 radical (unpaired) electrons. The Bertz CT molecular complexity index is 776.